The number of nitrogens with two attached hydrogens (primary N) is 1. The monoisotopic (exact) mass is 315 g/mol. The average molecular weight is 315 g/mol. The highest BCUT2D eigenvalue weighted by atomic mass is 15.0. The molecule has 2 aromatic heterocycles. The third kappa shape index (κ3) is 2.88. The van der Waals surface area contributed by atoms with Crippen LogP contribution in [-0.2, 0) is 0 Å². The van der Waals surface area contributed by atoms with Crippen molar-refractivity contribution < 1.29 is 0 Å². The lowest BCUT2D eigenvalue weighted by atomic mass is 9.99. The zero-order valence-electron chi connectivity index (χ0n) is 13.1. The molecule has 5 heteroatoms. The van der Waals surface area contributed by atoms with E-state index < -0.39 is 0 Å². The summed E-state index contributed by atoms with van der Waals surface area (Å²) in [6.45, 7) is 0. The highest BCUT2D eigenvalue weighted by Crippen LogP contribution is 2.41. The number of nitrogens with zero attached hydrogens (tertiary/aromatic N) is 4. The van der Waals surface area contributed by atoms with Gasteiger partial charge in [0, 0.05) is 35.3 Å². The maximum absolute atomic E-state index is 5.27. The molecule has 1 fully saturated rings. The molecule has 0 atom stereocenters. The summed E-state index contributed by atoms with van der Waals surface area (Å²) in [7, 11) is 0. The molecule has 0 amide bonds. The van der Waals surface area contributed by atoms with Crippen LogP contribution in [0.4, 0.5) is 5.95 Å². The standard InChI is InChI=1S/C19H17N5/c20-12-24-19-22-10-16(11-23-19)17-5-2-8-21-18(17)15-4-1-3-14(9-15)13-6-7-13/h1-5,8-13H,6-7H2,(H2,20,22,23,24). The largest absolute Gasteiger partial charge is 0.390 e. The first-order valence-corrected chi connectivity index (χ1v) is 7.97. The third-order valence-corrected chi connectivity index (χ3v) is 4.16. The van der Waals surface area contributed by atoms with Crippen molar-refractivity contribution in [1.82, 2.24) is 15.0 Å². The summed E-state index contributed by atoms with van der Waals surface area (Å²) in [6.07, 6.45) is 9.08. The topological polar surface area (TPSA) is 77.0 Å². The van der Waals surface area contributed by atoms with Crippen LogP contribution in [0.2, 0.25) is 0 Å². The van der Waals surface area contributed by atoms with Crippen molar-refractivity contribution in [1.29, 1.82) is 0 Å². The normalized spacial score (nSPS) is 14.2. The zero-order valence-corrected chi connectivity index (χ0v) is 13.1. The summed E-state index contributed by atoms with van der Waals surface area (Å²) < 4.78 is 0. The second kappa shape index (κ2) is 6.20. The number of pyridine rings is 1. The maximum atomic E-state index is 5.27. The van der Waals surface area contributed by atoms with E-state index in [0.717, 1.165) is 22.4 Å². The molecule has 2 N–H and O–H groups in total. The lowest BCUT2D eigenvalue weighted by molar-refractivity contribution is 1.13. The molecule has 0 aliphatic heterocycles. The van der Waals surface area contributed by atoms with Gasteiger partial charge in [0.25, 0.3) is 5.95 Å². The molecule has 2 heterocycles. The summed E-state index contributed by atoms with van der Waals surface area (Å²) in [5.41, 5.74) is 10.7. The summed E-state index contributed by atoms with van der Waals surface area (Å²) >= 11 is 0. The van der Waals surface area contributed by atoms with Gasteiger partial charge in [0.1, 0.15) is 0 Å². The van der Waals surface area contributed by atoms with E-state index in [1.807, 2.05) is 18.3 Å². The Kier molecular flexibility index (Phi) is 3.75. The molecule has 1 aromatic carbocycles. The van der Waals surface area contributed by atoms with Crippen molar-refractivity contribution in [2.24, 2.45) is 10.7 Å². The fourth-order valence-electron chi connectivity index (χ4n) is 2.82. The first-order chi connectivity index (χ1) is 11.8. The molecule has 24 heavy (non-hydrogen) atoms. The van der Waals surface area contributed by atoms with Gasteiger partial charge in [0.15, 0.2) is 0 Å². The highest BCUT2D eigenvalue weighted by Gasteiger charge is 2.23. The summed E-state index contributed by atoms with van der Waals surface area (Å²) in [5.74, 6) is 1.07. The molecule has 1 saturated carbocycles. The molecule has 1 aliphatic rings. The van der Waals surface area contributed by atoms with Gasteiger partial charge in [-0.1, -0.05) is 24.3 Å². The Labute approximate surface area is 140 Å². The third-order valence-electron chi connectivity index (χ3n) is 4.16. The first-order valence-electron chi connectivity index (χ1n) is 7.97. The fourth-order valence-corrected chi connectivity index (χ4v) is 2.82. The molecule has 118 valence electrons. The number of hydrogen-bond donors (Lipinski definition) is 1. The quantitative estimate of drug-likeness (QED) is 0.588. The molecule has 1 aliphatic carbocycles. The van der Waals surface area contributed by atoms with E-state index in [0.29, 0.717) is 11.9 Å². The number of benzene rings is 1. The smallest absolute Gasteiger partial charge is 0.250 e. The van der Waals surface area contributed by atoms with Crippen molar-refractivity contribution >= 4 is 12.3 Å². The minimum absolute atomic E-state index is 0.349. The maximum Gasteiger partial charge on any atom is 0.250 e. The Balaban J connectivity index is 1.76. The van der Waals surface area contributed by atoms with Crippen LogP contribution in [0.25, 0.3) is 22.4 Å². The summed E-state index contributed by atoms with van der Waals surface area (Å²) in [5, 5.41) is 0. The second-order valence-electron chi connectivity index (χ2n) is 5.85. The predicted molar refractivity (Wildman–Crippen MR) is 95.0 cm³/mol. The van der Waals surface area contributed by atoms with E-state index in [1.54, 1.807) is 12.4 Å². The Morgan fingerprint density at radius 2 is 1.83 bits per heavy atom. The van der Waals surface area contributed by atoms with Crippen molar-refractivity contribution in [2.75, 3.05) is 0 Å². The molecule has 0 unspecified atom stereocenters. The van der Waals surface area contributed by atoms with Gasteiger partial charge in [-0.05, 0) is 36.5 Å². The molecule has 0 saturated heterocycles. The van der Waals surface area contributed by atoms with Crippen LogP contribution < -0.4 is 5.73 Å². The predicted octanol–water partition coefficient (Wildman–Crippen LogP) is 3.70. The summed E-state index contributed by atoms with van der Waals surface area (Å²) in [6, 6.07) is 12.6. The van der Waals surface area contributed by atoms with E-state index in [1.165, 1.54) is 24.7 Å². The van der Waals surface area contributed by atoms with Crippen molar-refractivity contribution in [3.63, 3.8) is 0 Å². The van der Waals surface area contributed by atoms with Crippen LogP contribution in [0.1, 0.15) is 24.3 Å². The van der Waals surface area contributed by atoms with Gasteiger partial charge in [-0.15, -0.1) is 0 Å². The lowest BCUT2D eigenvalue weighted by Gasteiger charge is -2.10. The molecular weight excluding hydrogens is 298 g/mol. The molecule has 0 bridgehead atoms. The van der Waals surface area contributed by atoms with E-state index in [4.69, 9.17) is 5.73 Å². The van der Waals surface area contributed by atoms with Crippen molar-refractivity contribution in [2.45, 2.75) is 18.8 Å². The minimum Gasteiger partial charge on any atom is -0.390 e. The van der Waals surface area contributed by atoms with Gasteiger partial charge in [-0.3, -0.25) is 4.98 Å². The van der Waals surface area contributed by atoms with E-state index >= 15 is 0 Å². The lowest BCUT2D eigenvalue weighted by Crippen LogP contribution is -1.93. The van der Waals surface area contributed by atoms with Gasteiger partial charge in [0.2, 0.25) is 0 Å². The van der Waals surface area contributed by atoms with Crippen LogP contribution in [-0.4, -0.2) is 21.3 Å². The van der Waals surface area contributed by atoms with Crippen LogP contribution in [0.5, 0.6) is 0 Å². The van der Waals surface area contributed by atoms with Crippen molar-refractivity contribution in [3.8, 4) is 22.4 Å². The summed E-state index contributed by atoms with van der Waals surface area (Å²) in [4.78, 5) is 16.9. The number of aliphatic imine (C=N–C) groups is 1. The van der Waals surface area contributed by atoms with Gasteiger partial charge in [-0.25, -0.2) is 15.0 Å². The van der Waals surface area contributed by atoms with Gasteiger partial charge in [0.05, 0.1) is 12.0 Å². The minimum atomic E-state index is 0.349. The Morgan fingerprint density at radius 1 is 1.00 bits per heavy atom. The highest BCUT2D eigenvalue weighted by molar-refractivity contribution is 5.80. The van der Waals surface area contributed by atoms with Gasteiger partial charge >= 0.3 is 0 Å². The zero-order chi connectivity index (χ0) is 16.4. The van der Waals surface area contributed by atoms with E-state index in [-0.39, 0.29) is 0 Å². The van der Waals surface area contributed by atoms with Gasteiger partial charge < -0.3 is 5.73 Å². The average Bonchev–Trinajstić information content (AvgIpc) is 3.48. The van der Waals surface area contributed by atoms with E-state index in [9.17, 15) is 0 Å². The molecular formula is C19H17N5. The van der Waals surface area contributed by atoms with Gasteiger partial charge in [-0.2, -0.15) is 0 Å². The molecule has 0 spiro atoms. The molecule has 5 nitrogen and oxygen atoms in total. The van der Waals surface area contributed by atoms with Crippen LogP contribution in [0, 0.1) is 0 Å². The van der Waals surface area contributed by atoms with Crippen LogP contribution in [0.3, 0.4) is 0 Å². The number of rotatable bonds is 4. The van der Waals surface area contributed by atoms with Crippen molar-refractivity contribution in [3.05, 3.63) is 60.6 Å². The first kappa shape index (κ1) is 14.5. The molecule has 3 aromatic rings. The Morgan fingerprint density at radius 3 is 2.58 bits per heavy atom. The molecule has 4 rings (SSSR count). The SMILES string of the molecule is N/C=N\c1ncc(-c2cccnc2-c2cccc(C3CC3)c2)cn1. The Hall–Kier alpha value is -3.08. The Bertz CT molecular complexity index is 882. The molecule has 0 radical (unpaired) electrons. The van der Waals surface area contributed by atoms with Crippen LogP contribution >= 0.6 is 0 Å². The number of aromatic nitrogens is 3. The fraction of sp³-hybridized carbons (Fsp3) is 0.158. The van der Waals surface area contributed by atoms with E-state index in [2.05, 4.69) is 44.2 Å². The number of hydrogen-bond acceptors (Lipinski definition) is 4. The van der Waals surface area contributed by atoms with Crippen LogP contribution in [0.15, 0.2) is 60.0 Å². The second-order valence-corrected chi connectivity index (χ2v) is 5.85.